The number of hydrogen-bond donors (Lipinski definition) is 2. The van der Waals surface area contributed by atoms with Gasteiger partial charge in [0.05, 0.1) is 0 Å². The third kappa shape index (κ3) is 3.52. The van der Waals surface area contributed by atoms with Crippen LogP contribution in [0.5, 0.6) is 0 Å². The lowest BCUT2D eigenvalue weighted by atomic mass is 9.86. The Morgan fingerprint density at radius 1 is 1.13 bits per heavy atom. The number of rotatable bonds is 1. The van der Waals surface area contributed by atoms with Gasteiger partial charge in [0.25, 0.3) is 0 Å². The normalized spacial score (nSPS) is 16.3. The molecule has 2 aromatic rings. The Bertz CT molecular complexity index is 807. The van der Waals surface area contributed by atoms with E-state index < -0.39 is 12.1 Å². The zero-order chi connectivity index (χ0) is 17.1. The zero-order valence-corrected chi connectivity index (χ0v) is 12.6. The first-order chi connectivity index (χ1) is 10.8. The van der Waals surface area contributed by atoms with Crippen LogP contribution in [0.3, 0.4) is 0 Å². The number of aliphatic hydroxyl groups excluding tert-OH is 1. The van der Waals surface area contributed by atoms with Crippen molar-refractivity contribution < 1.29 is 24.6 Å². The fourth-order valence-electron chi connectivity index (χ4n) is 2.23. The molecule has 2 N–H and O–H groups in total. The lowest BCUT2D eigenvalue weighted by Gasteiger charge is -2.18. The van der Waals surface area contributed by atoms with Gasteiger partial charge in [-0.25, -0.2) is 4.79 Å². The van der Waals surface area contributed by atoms with Crippen LogP contribution in [0, 0.1) is 0 Å². The first-order valence-electron chi connectivity index (χ1n) is 6.98. The number of ketones is 2. The number of fused-ring (bicyclic) bond motifs is 2. The molecule has 0 radical (unpaired) electrons. The summed E-state index contributed by atoms with van der Waals surface area (Å²) >= 11 is 0. The highest BCUT2D eigenvalue weighted by Gasteiger charge is 2.31. The lowest BCUT2D eigenvalue weighted by Crippen LogP contribution is -2.31. The zero-order valence-electron chi connectivity index (χ0n) is 12.6. The van der Waals surface area contributed by atoms with Crippen molar-refractivity contribution in [3.8, 4) is 0 Å². The van der Waals surface area contributed by atoms with Crippen molar-refractivity contribution in [2.45, 2.75) is 19.4 Å². The second-order valence-electron chi connectivity index (χ2n) is 5.34. The smallest absolute Gasteiger partial charge is 0.330 e. The third-order valence-electron chi connectivity index (χ3n) is 3.50. The number of carboxylic acid groups (broad SMARTS) is 1. The second-order valence-corrected chi connectivity index (χ2v) is 5.34. The molecule has 0 aromatic heterocycles. The van der Waals surface area contributed by atoms with Gasteiger partial charge in [-0.15, -0.1) is 0 Å². The van der Waals surface area contributed by atoms with Crippen LogP contribution in [-0.2, 0) is 4.79 Å². The number of carbonyl (C=O) groups excluding carboxylic acids is 2. The highest BCUT2D eigenvalue weighted by molar-refractivity contribution is 6.18. The second kappa shape index (κ2) is 6.54. The number of aliphatic hydroxyl groups is 1. The van der Waals surface area contributed by atoms with Crippen molar-refractivity contribution in [3.63, 3.8) is 0 Å². The van der Waals surface area contributed by atoms with Gasteiger partial charge in [0, 0.05) is 23.1 Å². The molecule has 0 spiro atoms. The maximum absolute atomic E-state index is 11.8. The van der Waals surface area contributed by atoms with Gasteiger partial charge in [-0.3, -0.25) is 9.59 Å². The average Bonchev–Trinajstić information content (AvgIpc) is 2.52. The van der Waals surface area contributed by atoms with Crippen LogP contribution in [0.15, 0.2) is 48.6 Å². The Balaban J connectivity index is 0.000000277. The van der Waals surface area contributed by atoms with E-state index in [1.165, 1.54) is 6.92 Å². The van der Waals surface area contributed by atoms with Crippen LogP contribution >= 0.6 is 0 Å². The number of aliphatic carboxylic acids is 1. The minimum atomic E-state index is -1.18. The van der Waals surface area contributed by atoms with Crippen LogP contribution in [-0.4, -0.2) is 33.9 Å². The minimum absolute atomic E-state index is 0.107. The first kappa shape index (κ1) is 16.6. The average molecular weight is 312 g/mol. The number of Topliss-reactive ketones (excluding diaryl/α,β-unsaturated/α-hetero) is 2. The summed E-state index contributed by atoms with van der Waals surface area (Å²) in [5, 5.41) is 19.2. The Labute approximate surface area is 132 Å². The summed E-state index contributed by atoms with van der Waals surface area (Å²) in [5.41, 5.74) is 0.946. The number of hydrogen-bond acceptors (Lipinski definition) is 4. The Morgan fingerprint density at radius 2 is 1.61 bits per heavy atom. The summed E-state index contributed by atoms with van der Waals surface area (Å²) in [7, 11) is 0. The topological polar surface area (TPSA) is 91.7 Å². The molecule has 1 unspecified atom stereocenters. The summed E-state index contributed by atoms with van der Waals surface area (Å²) in [6.45, 7) is 4.60. The summed E-state index contributed by atoms with van der Waals surface area (Å²) < 4.78 is 0. The van der Waals surface area contributed by atoms with Gasteiger partial charge in [0.15, 0.2) is 11.6 Å². The standard InChI is InChI=1S/C14H10O3.C4H6O2/c15-12-7-13(16)14(17)11-6-9-4-2-1-3-8(9)5-10(11)12;1-3(2)4(5)6/h1-6,13,16H,7H2;1H2,2H3,(H,5,6). The predicted molar refractivity (Wildman–Crippen MR) is 85.7 cm³/mol. The van der Waals surface area contributed by atoms with E-state index >= 15 is 0 Å². The van der Waals surface area contributed by atoms with Crippen LogP contribution in [0.1, 0.15) is 34.1 Å². The molecule has 3 rings (SSSR count). The van der Waals surface area contributed by atoms with Crippen molar-refractivity contribution in [1.29, 1.82) is 0 Å². The molecule has 1 aliphatic carbocycles. The fourth-order valence-corrected chi connectivity index (χ4v) is 2.23. The monoisotopic (exact) mass is 312 g/mol. The molecule has 5 nitrogen and oxygen atoms in total. The van der Waals surface area contributed by atoms with Crippen molar-refractivity contribution in [2.24, 2.45) is 0 Å². The quantitative estimate of drug-likeness (QED) is 0.790. The summed E-state index contributed by atoms with van der Waals surface area (Å²) in [5.74, 6) is -1.46. The third-order valence-corrected chi connectivity index (χ3v) is 3.50. The molecule has 1 aliphatic rings. The predicted octanol–water partition coefficient (Wildman–Crippen LogP) is 2.62. The van der Waals surface area contributed by atoms with Crippen molar-refractivity contribution >= 4 is 28.3 Å². The summed E-state index contributed by atoms with van der Waals surface area (Å²) in [6, 6.07) is 11.0. The van der Waals surface area contributed by atoms with Crippen LogP contribution in [0.2, 0.25) is 0 Å². The molecule has 0 aliphatic heterocycles. The highest BCUT2D eigenvalue weighted by Crippen LogP contribution is 2.26. The fraction of sp³-hybridized carbons (Fsp3) is 0.167. The van der Waals surface area contributed by atoms with E-state index in [9.17, 15) is 19.5 Å². The Hall–Kier alpha value is -2.79. The van der Waals surface area contributed by atoms with Crippen molar-refractivity contribution in [2.75, 3.05) is 0 Å². The largest absolute Gasteiger partial charge is 0.478 e. The van der Waals surface area contributed by atoms with E-state index in [4.69, 9.17) is 5.11 Å². The Kier molecular flexibility index (Phi) is 4.71. The van der Waals surface area contributed by atoms with E-state index in [1.807, 2.05) is 24.3 Å². The number of carboxylic acids is 1. The number of carbonyl (C=O) groups is 3. The van der Waals surface area contributed by atoms with E-state index in [-0.39, 0.29) is 23.6 Å². The van der Waals surface area contributed by atoms with E-state index in [2.05, 4.69) is 6.58 Å². The number of benzene rings is 2. The maximum Gasteiger partial charge on any atom is 0.330 e. The molecule has 0 saturated carbocycles. The molecule has 5 heteroatoms. The molecule has 0 saturated heterocycles. The highest BCUT2D eigenvalue weighted by atomic mass is 16.4. The minimum Gasteiger partial charge on any atom is -0.478 e. The molecular weight excluding hydrogens is 296 g/mol. The Morgan fingerprint density at radius 3 is 2.09 bits per heavy atom. The van der Waals surface area contributed by atoms with Crippen LogP contribution < -0.4 is 0 Å². The summed E-state index contributed by atoms with van der Waals surface area (Å²) in [6.07, 6.45) is -1.29. The molecule has 0 heterocycles. The molecule has 0 bridgehead atoms. The summed E-state index contributed by atoms with van der Waals surface area (Å²) in [4.78, 5) is 33.2. The van der Waals surface area contributed by atoms with Gasteiger partial charge in [0.1, 0.15) is 6.10 Å². The molecule has 118 valence electrons. The molecule has 2 aromatic carbocycles. The van der Waals surface area contributed by atoms with Gasteiger partial charge >= 0.3 is 5.97 Å². The first-order valence-corrected chi connectivity index (χ1v) is 6.98. The molecule has 0 fully saturated rings. The maximum atomic E-state index is 11.8. The van der Waals surface area contributed by atoms with E-state index in [1.54, 1.807) is 12.1 Å². The molecule has 1 atom stereocenters. The SMILES string of the molecule is C=C(C)C(=O)O.O=C1CC(O)C(=O)c2cc3ccccc3cc21. The molecule has 0 amide bonds. The van der Waals surface area contributed by atoms with Gasteiger partial charge in [-0.2, -0.15) is 0 Å². The van der Waals surface area contributed by atoms with Crippen LogP contribution in [0.4, 0.5) is 0 Å². The van der Waals surface area contributed by atoms with E-state index in [0.717, 1.165) is 10.8 Å². The van der Waals surface area contributed by atoms with Gasteiger partial charge in [-0.1, -0.05) is 30.8 Å². The van der Waals surface area contributed by atoms with Crippen molar-refractivity contribution in [3.05, 3.63) is 59.7 Å². The lowest BCUT2D eigenvalue weighted by molar-refractivity contribution is -0.132. The van der Waals surface area contributed by atoms with Gasteiger partial charge in [-0.05, 0) is 29.8 Å². The molecular formula is C18H16O5. The van der Waals surface area contributed by atoms with Gasteiger partial charge in [0.2, 0.25) is 0 Å². The molecule has 23 heavy (non-hydrogen) atoms. The van der Waals surface area contributed by atoms with E-state index in [0.29, 0.717) is 11.1 Å². The van der Waals surface area contributed by atoms with Gasteiger partial charge < -0.3 is 10.2 Å². The van der Waals surface area contributed by atoms with Crippen LogP contribution in [0.25, 0.3) is 10.8 Å². The van der Waals surface area contributed by atoms with Crippen molar-refractivity contribution in [1.82, 2.24) is 0 Å².